The van der Waals surface area contributed by atoms with E-state index in [0.717, 1.165) is 5.56 Å². The zero-order valence-electron chi connectivity index (χ0n) is 18.3. The van der Waals surface area contributed by atoms with E-state index in [4.69, 9.17) is 4.74 Å². The van der Waals surface area contributed by atoms with Crippen LogP contribution in [0.4, 0.5) is 4.39 Å². The number of amides is 1. The van der Waals surface area contributed by atoms with Crippen LogP contribution in [0.3, 0.4) is 0 Å². The molecule has 3 rings (SSSR count). The SMILES string of the molecule is CCOC(=O)c1c(O)c2ncc(Cc3ccc(F)cc3CC(=O)N(C)C)cc2n(C)c1=O. The number of carbonyl (C=O) groups is 2. The molecule has 8 nitrogen and oxygen atoms in total. The molecule has 2 heterocycles. The van der Waals surface area contributed by atoms with E-state index in [9.17, 15) is 23.9 Å². The van der Waals surface area contributed by atoms with E-state index in [2.05, 4.69) is 4.98 Å². The molecule has 0 aliphatic carbocycles. The molecule has 32 heavy (non-hydrogen) atoms. The number of carbonyl (C=O) groups excluding carboxylic acids is 2. The monoisotopic (exact) mass is 441 g/mol. The lowest BCUT2D eigenvalue weighted by Gasteiger charge is -2.14. The van der Waals surface area contributed by atoms with Gasteiger partial charge < -0.3 is 19.3 Å². The van der Waals surface area contributed by atoms with Crippen molar-refractivity contribution < 1.29 is 23.8 Å². The Hall–Kier alpha value is -3.75. The van der Waals surface area contributed by atoms with Gasteiger partial charge in [0.05, 0.1) is 18.5 Å². The van der Waals surface area contributed by atoms with E-state index in [1.165, 1.54) is 34.8 Å². The average molecular weight is 441 g/mol. The van der Waals surface area contributed by atoms with Crippen LogP contribution < -0.4 is 5.56 Å². The van der Waals surface area contributed by atoms with Gasteiger partial charge in [0.15, 0.2) is 11.3 Å². The molecule has 0 atom stereocenters. The fraction of sp³-hybridized carbons (Fsp3) is 0.304. The summed E-state index contributed by atoms with van der Waals surface area (Å²) in [6.45, 7) is 1.66. The Morgan fingerprint density at radius 1 is 1.22 bits per heavy atom. The highest BCUT2D eigenvalue weighted by Crippen LogP contribution is 2.26. The van der Waals surface area contributed by atoms with Crippen molar-refractivity contribution in [1.29, 1.82) is 0 Å². The lowest BCUT2D eigenvalue weighted by atomic mass is 9.97. The number of benzene rings is 1. The predicted octanol–water partition coefficient (Wildman–Crippen LogP) is 2.18. The maximum Gasteiger partial charge on any atom is 0.347 e. The third-order valence-corrected chi connectivity index (χ3v) is 5.15. The van der Waals surface area contributed by atoms with E-state index < -0.39 is 28.7 Å². The molecular weight excluding hydrogens is 417 g/mol. The third-order valence-electron chi connectivity index (χ3n) is 5.15. The number of aromatic hydroxyl groups is 1. The Kier molecular flexibility index (Phi) is 6.57. The van der Waals surface area contributed by atoms with E-state index in [-0.39, 0.29) is 24.5 Å². The van der Waals surface area contributed by atoms with Gasteiger partial charge in [0.25, 0.3) is 5.56 Å². The van der Waals surface area contributed by atoms with Crippen LogP contribution >= 0.6 is 0 Å². The van der Waals surface area contributed by atoms with Crippen LogP contribution in [0, 0.1) is 5.82 Å². The number of fused-ring (bicyclic) bond motifs is 1. The van der Waals surface area contributed by atoms with Crippen molar-refractivity contribution in [2.24, 2.45) is 7.05 Å². The molecule has 1 N–H and O–H groups in total. The van der Waals surface area contributed by atoms with E-state index in [1.54, 1.807) is 33.2 Å². The van der Waals surface area contributed by atoms with Crippen molar-refractivity contribution in [1.82, 2.24) is 14.5 Å². The number of esters is 1. The van der Waals surface area contributed by atoms with Gasteiger partial charge in [-0.15, -0.1) is 0 Å². The van der Waals surface area contributed by atoms with Gasteiger partial charge in [-0.1, -0.05) is 6.07 Å². The minimum Gasteiger partial charge on any atom is -0.505 e. The van der Waals surface area contributed by atoms with Crippen molar-refractivity contribution in [2.45, 2.75) is 19.8 Å². The fourth-order valence-corrected chi connectivity index (χ4v) is 3.39. The standard InChI is InChI=1S/C23H24FN3O5/c1-5-32-23(31)19-21(29)20-17(27(4)22(19)30)9-13(12-25-20)8-14-6-7-16(24)10-15(14)11-18(28)26(2)3/h6-7,9-10,12,29H,5,8,11H2,1-4H3. The fourth-order valence-electron chi connectivity index (χ4n) is 3.39. The number of pyridine rings is 2. The first-order chi connectivity index (χ1) is 15.1. The summed E-state index contributed by atoms with van der Waals surface area (Å²) in [6, 6.07) is 5.93. The molecule has 0 radical (unpaired) electrons. The summed E-state index contributed by atoms with van der Waals surface area (Å²) in [4.78, 5) is 42.6. The summed E-state index contributed by atoms with van der Waals surface area (Å²) in [5.41, 5.74) is 1.21. The van der Waals surface area contributed by atoms with Crippen LogP contribution in [0.1, 0.15) is 34.0 Å². The quantitative estimate of drug-likeness (QED) is 0.589. The smallest absolute Gasteiger partial charge is 0.347 e. The highest BCUT2D eigenvalue weighted by Gasteiger charge is 2.23. The first-order valence-electron chi connectivity index (χ1n) is 9.99. The molecule has 3 aromatic rings. The van der Waals surface area contributed by atoms with E-state index in [0.29, 0.717) is 23.1 Å². The molecular formula is C23H24FN3O5. The number of rotatable bonds is 6. The normalized spacial score (nSPS) is 10.9. The molecule has 168 valence electrons. The van der Waals surface area contributed by atoms with Crippen molar-refractivity contribution in [3.05, 3.63) is 68.9 Å². The van der Waals surface area contributed by atoms with E-state index >= 15 is 0 Å². The van der Waals surface area contributed by atoms with Crippen molar-refractivity contribution >= 4 is 22.9 Å². The summed E-state index contributed by atoms with van der Waals surface area (Å²) in [5.74, 6) is -2.05. The lowest BCUT2D eigenvalue weighted by molar-refractivity contribution is -0.127. The Morgan fingerprint density at radius 2 is 1.94 bits per heavy atom. The second-order valence-electron chi connectivity index (χ2n) is 7.57. The summed E-state index contributed by atoms with van der Waals surface area (Å²) in [7, 11) is 4.73. The summed E-state index contributed by atoms with van der Waals surface area (Å²) < 4.78 is 19.9. The number of halogens is 1. The van der Waals surface area contributed by atoms with Gasteiger partial charge in [0.1, 0.15) is 11.3 Å². The van der Waals surface area contributed by atoms with Crippen LogP contribution in [0.2, 0.25) is 0 Å². The molecule has 0 saturated carbocycles. The molecule has 2 aromatic heterocycles. The first-order valence-corrected chi connectivity index (χ1v) is 9.99. The minimum atomic E-state index is -0.917. The molecule has 0 bridgehead atoms. The Bertz CT molecular complexity index is 1270. The second kappa shape index (κ2) is 9.17. The summed E-state index contributed by atoms with van der Waals surface area (Å²) in [6.07, 6.45) is 1.87. The van der Waals surface area contributed by atoms with Crippen molar-refractivity contribution in [3.63, 3.8) is 0 Å². The minimum absolute atomic E-state index is 0.0449. The second-order valence-corrected chi connectivity index (χ2v) is 7.57. The molecule has 1 amide bonds. The number of aryl methyl sites for hydroxylation is 1. The number of nitrogens with zero attached hydrogens (tertiary/aromatic N) is 3. The predicted molar refractivity (Wildman–Crippen MR) is 116 cm³/mol. The molecule has 0 spiro atoms. The van der Waals surface area contributed by atoms with Gasteiger partial charge in [0, 0.05) is 27.3 Å². The number of ether oxygens (including phenoxy) is 1. The summed E-state index contributed by atoms with van der Waals surface area (Å²) >= 11 is 0. The van der Waals surface area contributed by atoms with Gasteiger partial charge >= 0.3 is 5.97 Å². The van der Waals surface area contributed by atoms with Gasteiger partial charge in [-0.3, -0.25) is 14.6 Å². The topological polar surface area (TPSA) is 102 Å². The maximum absolute atomic E-state index is 13.8. The highest BCUT2D eigenvalue weighted by atomic mass is 19.1. The highest BCUT2D eigenvalue weighted by molar-refractivity contribution is 5.98. The Morgan fingerprint density at radius 3 is 2.59 bits per heavy atom. The molecule has 1 aromatic carbocycles. The van der Waals surface area contributed by atoms with Crippen molar-refractivity contribution in [3.8, 4) is 5.75 Å². The average Bonchev–Trinajstić information content (AvgIpc) is 2.74. The van der Waals surface area contributed by atoms with Crippen LogP contribution in [0.25, 0.3) is 11.0 Å². The largest absolute Gasteiger partial charge is 0.505 e. The van der Waals surface area contributed by atoms with Crippen LogP contribution in [0.15, 0.2) is 35.3 Å². The van der Waals surface area contributed by atoms with Crippen LogP contribution in [-0.2, 0) is 29.4 Å². The molecule has 0 aliphatic heterocycles. The Balaban J connectivity index is 2.05. The van der Waals surface area contributed by atoms with Gasteiger partial charge in [-0.25, -0.2) is 9.18 Å². The van der Waals surface area contributed by atoms with Gasteiger partial charge in [-0.05, 0) is 48.2 Å². The van der Waals surface area contributed by atoms with Gasteiger partial charge in [-0.2, -0.15) is 0 Å². The maximum atomic E-state index is 13.8. The van der Waals surface area contributed by atoms with Crippen LogP contribution in [0.5, 0.6) is 5.75 Å². The third kappa shape index (κ3) is 4.46. The molecule has 9 heteroatoms. The van der Waals surface area contributed by atoms with Gasteiger partial charge in [0.2, 0.25) is 5.91 Å². The molecule has 0 fully saturated rings. The molecule has 0 unspecified atom stereocenters. The number of hydrogen-bond donors (Lipinski definition) is 1. The zero-order chi connectivity index (χ0) is 23.6. The Labute approximate surface area is 183 Å². The zero-order valence-corrected chi connectivity index (χ0v) is 18.3. The van der Waals surface area contributed by atoms with Crippen LogP contribution in [-0.4, -0.2) is 52.1 Å². The molecule has 0 saturated heterocycles. The molecule has 0 aliphatic rings. The first kappa shape index (κ1) is 22.9. The van der Waals surface area contributed by atoms with E-state index in [1.807, 2.05) is 0 Å². The number of likely N-dealkylation sites (N-methyl/N-ethyl adjacent to an activating group) is 1. The number of hydrogen-bond acceptors (Lipinski definition) is 6. The summed E-state index contributed by atoms with van der Waals surface area (Å²) in [5, 5.41) is 10.5. The number of aromatic nitrogens is 2. The van der Waals surface area contributed by atoms with Crippen molar-refractivity contribution in [2.75, 3.05) is 20.7 Å². The lowest BCUT2D eigenvalue weighted by Crippen LogP contribution is -2.26.